The van der Waals surface area contributed by atoms with E-state index in [1.807, 2.05) is 49.4 Å². The lowest BCUT2D eigenvalue weighted by atomic mass is 9.78. The maximum atomic E-state index is 10.6. The Kier molecular flexibility index (Phi) is 4.52. The largest absolute Gasteiger partial charge is 0.493 e. The monoisotopic (exact) mass is 450 g/mol. The van der Waals surface area contributed by atoms with Crippen molar-refractivity contribution in [3.05, 3.63) is 82.4 Å². The predicted octanol–water partition coefficient (Wildman–Crippen LogP) is 3.89. The molecule has 0 fully saturated rings. The van der Waals surface area contributed by atoms with E-state index in [1.165, 1.54) is 0 Å². The molecule has 1 unspecified atom stereocenters. The molecule has 2 aromatic carbocycles. The summed E-state index contributed by atoms with van der Waals surface area (Å²) in [7, 11) is 3.26. The Morgan fingerprint density at radius 2 is 1.85 bits per heavy atom. The van der Waals surface area contributed by atoms with Gasteiger partial charge in [-0.05, 0) is 36.6 Å². The second-order valence-electron chi connectivity index (χ2n) is 8.39. The van der Waals surface area contributed by atoms with Crippen molar-refractivity contribution in [3.8, 4) is 17.6 Å². The summed E-state index contributed by atoms with van der Waals surface area (Å²) in [6.45, 7) is 2.55. The highest BCUT2D eigenvalue weighted by atomic mass is 16.5. The first-order valence-electron chi connectivity index (χ1n) is 11.1. The van der Waals surface area contributed by atoms with Crippen molar-refractivity contribution in [2.45, 2.75) is 19.3 Å². The van der Waals surface area contributed by atoms with Crippen LogP contribution in [0.1, 0.15) is 34.0 Å². The number of aryl methyl sites for hydroxylation is 1. The van der Waals surface area contributed by atoms with E-state index in [2.05, 4.69) is 16.1 Å². The van der Waals surface area contributed by atoms with Crippen molar-refractivity contribution in [1.29, 1.82) is 5.26 Å². The number of rotatable bonds is 3. The summed E-state index contributed by atoms with van der Waals surface area (Å²) in [6, 6.07) is 16.6. The molecule has 0 amide bonds. The molecule has 0 spiro atoms. The fourth-order valence-electron chi connectivity index (χ4n) is 5.16. The summed E-state index contributed by atoms with van der Waals surface area (Å²) in [4.78, 5) is 11.7. The molecule has 2 aliphatic rings. The van der Waals surface area contributed by atoms with E-state index in [1.54, 1.807) is 25.1 Å². The van der Waals surface area contributed by atoms with Crippen molar-refractivity contribution in [2.24, 2.45) is 0 Å². The van der Waals surface area contributed by atoms with Crippen LogP contribution in [0.2, 0.25) is 0 Å². The Labute approximate surface area is 196 Å². The van der Waals surface area contributed by atoms with Crippen LogP contribution in [0.4, 0.5) is 5.82 Å². The summed E-state index contributed by atoms with van der Waals surface area (Å²) in [5.41, 5.74) is 6.23. The number of hydrogen-bond donors (Lipinski definition) is 0. The molecule has 1 atom stereocenters. The van der Waals surface area contributed by atoms with Crippen LogP contribution in [0.5, 0.6) is 11.5 Å². The van der Waals surface area contributed by atoms with Gasteiger partial charge in [0.2, 0.25) is 0 Å². The lowest BCUT2D eigenvalue weighted by Gasteiger charge is -2.40. The van der Waals surface area contributed by atoms with E-state index < -0.39 is 0 Å². The van der Waals surface area contributed by atoms with Gasteiger partial charge in [-0.15, -0.1) is 0 Å². The zero-order chi connectivity index (χ0) is 23.4. The van der Waals surface area contributed by atoms with E-state index >= 15 is 0 Å². The Bertz CT molecular complexity index is 1520. The normalized spacial score (nSPS) is 16.5. The van der Waals surface area contributed by atoms with E-state index in [-0.39, 0.29) is 5.92 Å². The van der Waals surface area contributed by atoms with E-state index in [0.29, 0.717) is 29.4 Å². The highest BCUT2D eigenvalue weighted by Gasteiger charge is 2.40. The van der Waals surface area contributed by atoms with Crippen LogP contribution in [0.3, 0.4) is 0 Å². The van der Waals surface area contributed by atoms with Crippen molar-refractivity contribution in [3.63, 3.8) is 0 Å². The summed E-state index contributed by atoms with van der Waals surface area (Å²) >= 11 is 0. The first-order valence-corrected chi connectivity index (χ1v) is 11.1. The van der Waals surface area contributed by atoms with Crippen molar-refractivity contribution < 1.29 is 9.47 Å². The van der Waals surface area contributed by atoms with Gasteiger partial charge in [0.25, 0.3) is 0 Å². The Morgan fingerprint density at radius 1 is 1.09 bits per heavy atom. The third-order valence-corrected chi connectivity index (χ3v) is 6.59. The van der Waals surface area contributed by atoms with Gasteiger partial charge in [0.05, 0.1) is 43.0 Å². The number of methoxy groups -OCH3 is 2. The number of benzene rings is 2. The average molecular weight is 451 g/mol. The molecule has 168 valence electrons. The Morgan fingerprint density at radius 3 is 2.59 bits per heavy atom. The molecule has 0 radical (unpaired) electrons. The molecular weight excluding hydrogens is 428 g/mol. The summed E-state index contributed by atoms with van der Waals surface area (Å²) in [6.07, 6.45) is 2.49. The second kappa shape index (κ2) is 7.59. The van der Waals surface area contributed by atoms with Crippen LogP contribution < -0.4 is 14.4 Å². The minimum atomic E-state index is -0.328. The molecule has 4 aromatic rings. The average Bonchev–Trinajstić information content (AvgIpc) is 3.27. The smallest absolute Gasteiger partial charge is 0.165 e. The molecular formula is C26H22N6O2. The standard InChI is InChI=1S/C26H22N6O2/c1-15-29-26-23-22(16-7-5-4-6-8-16)19(13-27)24-18-12-21(34-3)20(33-2)11-17(18)9-10-31(24)25(23)28-14-32(26)30-15/h4-8,11-12,14,22H,9-10H2,1-3H3. The zero-order valence-corrected chi connectivity index (χ0v) is 19.1. The minimum Gasteiger partial charge on any atom is -0.493 e. The van der Waals surface area contributed by atoms with Crippen molar-refractivity contribution in [1.82, 2.24) is 19.6 Å². The second-order valence-corrected chi connectivity index (χ2v) is 8.39. The number of aromatic nitrogens is 4. The number of nitriles is 1. The van der Waals surface area contributed by atoms with E-state index in [4.69, 9.17) is 19.4 Å². The Hall–Kier alpha value is -4.38. The summed E-state index contributed by atoms with van der Waals surface area (Å²) in [5.74, 6) is 2.46. The van der Waals surface area contributed by atoms with Gasteiger partial charge < -0.3 is 14.4 Å². The topological polar surface area (TPSA) is 88.6 Å². The first kappa shape index (κ1) is 20.2. The third kappa shape index (κ3) is 2.80. The fourth-order valence-corrected chi connectivity index (χ4v) is 5.16. The van der Waals surface area contributed by atoms with Gasteiger partial charge in [-0.3, -0.25) is 0 Å². The summed E-state index contributed by atoms with van der Waals surface area (Å²) in [5, 5.41) is 15.0. The fraction of sp³-hybridized carbons (Fsp3) is 0.231. The summed E-state index contributed by atoms with van der Waals surface area (Å²) < 4.78 is 12.8. The molecule has 8 heteroatoms. The molecule has 2 aromatic heterocycles. The van der Waals surface area contributed by atoms with Gasteiger partial charge in [0.15, 0.2) is 17.1 Å². The highest BCUT2D eigenvalue weighted by Crippen LogP contribution is 2.50. The molecule has 0 saturated heterocycles. The number of anilines is 1. The molecule has 6 rings (SSSR count). The number of fused-ring (bicyclic) bond motifs is 7. The molecule has 34 heavy (non-hydrogen) atoms. The van der Waals surface area contributed by atoms with Crippen LogP contribution in [0.15, 0.2) is 54.4 Å². The van der Waals surface area contributed by atoms with Crippen LogP contribution in [-0.2, 0) is 6.42 Å². The quantitative estimate of drug-likeness (QED) is 0.468. The van der Waals surface area contributed by atoms with Crippen LogP contribution >= 0.6 is 0 Å². The van der Waals surface area contributed by atoms with Gasteiger partial charge in [-0.2, -0.15) is 10.4 Å². The zero-order valence-electron chi connectivity index (χ0n) is 19.1. The van der Waals surface area contributed by atoms with Crippen LogP contribution in [0.25, 0.3) is 11.3 Å². The van der Waals surface area contributed by atoms with Gasteiger partial charge >= 0.3 is 0 Å². The van der Waals surface area contributed by atoms with Crippen LogP contribution in [-0.4, -0.2) is 40.3 Å². The predicted molar refractivity (Wildman–Crippen MR) is 127 cm³/mol. The third-order valence-electron chi connectivity index (χ3n) is 6.59. The van der Waals surface area contributed by atoms with Crippen molar-refractivity contribution >= 4 is 17.2 Å². The lowest BCUT2D eigenvalue weighted by Crippen LogP contribution is -2.36. The van der Waals surface area contributed by atoms with Gasteiger partial charge in [-0.25, -0.2) is 14.5 Å². The number of hydrogen-bond acceptors (Lipinski definition) is 7. The number of ether oxygens (including phenoxy) is 2. The molecule has 8 nitrogen and oxygen atoms in total. The number of nitrogens with zero attached hydrogens (tertiary/aromatic N) is 6. The number of allylic oxidation sites excluding steroid dienone is 1. The van der Waals surface area contributed by atoms with Crippen molar-refractivity contribution in [2.75, 3.05) is 25.7 Å². The van der Waals surface area contributed by atoms with Gasteiger partial charge in [0.1, 0.15) is 18.0 Å². The molecule has 4 heterocycles. The van der Waals surface area contributed by atoms with Gasteiger partial charge in [-0.1, -0.05) is 30.3 Å². The molecule has 0 N–H and O–H groups in total. The highest BCUT2D eigenvalue weighted by molar-refractivity contribution is 5.93. The maximum absolute atomic E-state index is 10.6. The van der Waals surface area contributed by atoms with E-state index in [9.17, 15) is 5.26 Å². The SMILES string of the molecule is COc1cc2c(cc1OC)C1=C(C#N)C(c3ccccc3)c3c(ncn4nc(C)nc34)N1CC2. The first-order chi connectivity index (χ1) is 16.6. The minimum absolute atomic E-state index is 0.328. The molecule has 2 aliphatic heterocycles. The lowest BCUT2D eigenvalue weighted by molar-refractivity contribution is 0.354. The van der Waals surface area contributed by atoms with Crippen LogP contribution in [0, 0.1) is 18.3 Å². The molecule has 0 aliphatic carbocycles. The van der Waals surface area contributed by atoms with Gasteiger partial charge in [0, 0.05) is 12.1 Å². The Balaban J connectivity index is 1.70. The van der Waals surface area contributed by atoms with E-state index in [0.717, 1.165) is 45.8 Å². The maximum Gasteiger partial charge on any atom is 0.165 e. The molecule has 0 bridgehead atoms. The molecule has 0 saturated carbocycles.